The topological polar surface area (TPSA) is 66.6 Å². The highest BCUT2D eigenvalue weighted by Gasteiger charge is 2.42. The summed E-state index contributed by atoms with van der Waals surface area (Å²) in [7, 11) is 0. The molecular weight excluding hydrogens is 383 g/mol. The maximum absolute atomic E-state index is 12.9. The zero-order chi connectivity index (χ0) is 19.5. The first kappa shape index (κ1) is 24.0. The van der Waals surface area contributed by atoms with Crippen molar-refractivity contribution in [3.8, 4) is 0 Å². The third-order valence-corrected chi connectivity index (χ3v) is 5.70. The van der Waals surface area contributed by atoms with Crippen molar-refractivity contribution in [1.82, 2.24) is 9.80 Å². The van der Waals surface area contributed by atoms with Gasteiger partial charge < -0.3 is 15.5 Å². The van der Waals surface area contributed by atoms with Gasteiger partial charge in [-0.2, -0.15) is 13.2 Å². The lowest BCUT2D eigenvalue weighted by atomic mass is 9.73. The lowest BCUT2D eigenvalue weighted by molar-refractivity contribution is -0.165. The van der Waals surface area contributed by atoms with Gasteiger partial charge in [0.05, 0.1) is 11.8 Å². The van der Waals surface area contributed by atoms with Crippen molar-refractivity contribution < 1.29 is 22.8 Å². The van der Waals surface area contributed by atoms with Gasteiger partial charge in [-0.1, -0.05) is 12.8 Å². The SMILES string of the molecule is CCN(CC(F)(F)F)C(=O)C1CCCN(C(=O)C2CCCCC2(C)N)C1.Cl. The van der Waals surface area contributed by atoms with E-state index in [1.165, 1.54) is 6.92 Å². The molecule has 0 bridgehead atoms. The van der Waals surface area contributed by atoms with Gasteiger partial charge in [0.15, 0.2) is 0 Å². The largest absolute Gasteiger partial charge is 0.406 e. The van der Waals surface area contributed by atoms with E-state index < -0.39 is 30.1 Å². The molecule has 0 aromatic rings. The second kappa shape index (κ2) is 9.45. The van der Waals surface area contributed by atoms with Crippen LogP contribution in [0.15, 0.2) is 0 Å². The van der Waals surface area contributed by atoms with E-state index in [4.69, 9.17) is 5.73 Å². The highest BCUT2D eigenvalue weighted by Crippen LogP contribution is 2.34. The first-order valence-electron chi connectivity index (χ1n) is 9.48. The molecule has 1 aliphatic carbocycles. The standard InChI is InChI=1S/C18H30F3N3O2.ClH/c1-3-23(12-18(19,20)21)15(25)13-7-6-10-24(11-13)16(26)14-8-4-5-9-17(14,2)22;/h13-14H,3-12,22H2,1-2H3;1H. The summed E-state index contributed by atoms with van der Waals surface area (Å²) in [5, 5.41) is 0. The predicted molar refractivity (Wildman–Crippen MR) is 99.4 cm³/mol. The molecule has 158 valence electrons. The molecule has 5 nitrogen and oxygen atoms in total. The van der Waals surface area contributed by atoms with Crippen LogP contribution in [-0.4, -0.2) is 59.5 Å². The number of piperidine rings is 1. The first-order chi connectivity index (χ1) is 12.0. The maximum Gasteiger partial charge on any atom is 0.406 e. The summed E-state index contributed by atoms with van der Waals surface area (Å²) in [5.74, 6) is -1.40. The molecule has 1 heterocycles. The van der Waals surface area contributed by atoms with Gasteiger partial charge in [0, 0.05) is 25.2 Å². The number of carbonyl (C=O) groups is 2. The van der Waals surface area contributed by atoms with Crippen molar-refractivity contribution in [2.45, 2.75) is 64.1 Å². The number of hydrogen-bond donors (Lipinski definition) is 1. The van der Waals surface area contributed by atoms with Crippen LogP contribution in [0.4, 0.5) is 13.2 Å². The Morgan fingerprint density at radius 3 is 2.44 bits per heavy atom. The molecule has 1 saturated carbocycles. The number of amides is 2. The van der Waals surface area contributed by atoms with E-state index in [0.29, 0.717) is 19.4 Å². The summed E-state index contributed by atoms with van der Waals surface area (Å²) < 4.78 is 38.0. The minimum Gasteiger partial charge on any atom is -0.342 e. The third kappa shape index (κ3) is 6.24. The number of alkyl halides is 3. The van der Waals surface area contributed by atoms with Crippen molar-refractivity contribution in [3.63, 3.8) is 0 Å². The van der Waals surface area contributed by atoms with Crippen molar-refractivity contribution in [3.05, 3.63) is 0 Å². The van der Waals surface area contributed by atoms with Gasteiger partial charge >= 0.3 is 6.18 Å². The number of nitrogens with zero attached hydrogens (tertiary/aromatic N) is 2. The second-order valence-corrected chi connectivity index (χ2v) is 7.90. The molecular formula is C18H31ClF3N3O2. The summed E-state index contributed by atoms with van der Waals surface area (Å²) in [5.41, 5.74) is 5.76. The van der Waals surface area contributed by atoms with Gasteiger partial charge in [0.2, 0.25) is 11.8 Å². The molecule has 27 heavy (non-hydrogen) atoms. The molecule has 3 unspecified atom stereocenters. The second-order valence-electron chi connectivity index (χ2n) is 7.90. The molecule has 1 aliphatic heterocycles. The van der Waals surface area contributed by atoms with Crippen LogP contribution in [-0.2, 0) is 9.59 Å². The van der Waals surface area contributed by atoms with Crippen LogP contribution >= 0.6 is 12.4 Å². The molecule has 3 atom stereocenters. The Labute approximate surface area is 165 Å². The molecule has 0 aromatic carbocycles. The molecule has 2 fully saturated rings. The zero-order valence-electron chi connectivity index (χ0n) is 16.1. The molecule has 0 spiro atoms. The third-order valence-electron chi connectivity index (χ3n) is 5.70. The van der Waals surface area contributed by atoms with Gasteiger partial charge in [-0.05, 0) is 39.5 Å². The smallest absolute Gasteiger partial charge is 0.342 e. The van der Waals surface area contributed by atoms with E-state index in [9.17, 15) is 22.8 Å². The van der Waals surface area contributed by atoms with Crippen LogP contribution in [0.2, 0.25) is 0 Å². The zero-order valence-corrected chi connectivity index (χ0v) is 16.9. The van der Waals surface area contributed by atoms with E-state index in [1.807, 2.05) is 6.92 Å². The Morgan fingerprint density at radius 2 is 1.89 bits per heavy atom. The summed E-state index contributed by atoms with van der Waals surface area (Å²) in [4.78, 5) is 28.0. The summed E-state index contributed by atoms with van der Waals surface area (Å²) in [6, 6.07) is 0. The highest BCUT2D eigenvalue weighted by molar-refractivity contribution is 5.85. The fraction of sp³-hybridized carbons (Fsp3) is 0.889. The summed E-state index contributed by atoms with van der Waals surface area (Å²) >= 11 is 0. The van der Waals surface area contributed by atoms with Gasteiger partial charge in [-0.3, -0.25) is 9.59 Å². The molecule has 0 aromatic heterocycles. The molecule has 2 aliphatic rings. The molecule has 1 saturated heterocycles. The first-order valence-corrected chi connectivity index (χ1v) is 9.48. The molecule has 2 amide bonds. The average molecular weight is 414 g/mol. The highest BCUT2D eigenvalue weighted by atomic mass is 35.5. The number of rotatable bonds is 4. The maximum atomic E-state index is 12.9. The van der Waals surface area contributed by atoms with Crippen LogP contribution in [0.25, 0.3) is 0 Å². The predicted octanol–water partition coefficient (Wildman–Crippen LogP) is 2.97. The van der Waals surface area contributed by atoms with Gasteiger partial charge in [0.25, 0.3) is 0 Å². The van der Waals surface area contributed by atoms with Crippen LogP contribution < -0.4 is 5.73 Å². The van der Waals surface area contributed by atoms with Gasteiger partial charge in [-0.25, -0.2) is 0 Å². The molecule has 0 radical (unpaired) electrons. The Hall–Kier alpha value is -1.02. The summed E-state index contributed by atoms with van der Waals surface area (Å²) in [6.07, 6.45) is 0.195. The number of nitrogens with two attached hydrogens (primary N) is 1. The summed E-state index contributed by atoms with van der Waals surface area (Å²) in [6.45, 7) is 2.93. The minimum atomic E-state index is -4.42. The monoisotopic (exact) mass is 413 g/mol. The number of carbonyl (C=O) groups excluding carboxylic acids is 2. The number of likely N-dealkylation sites (tertiary alicyclic amines) is 1. The van der Waals surface area contributed by atoms with Crippen molar-refractivity contribution in [2.24, 2.45) is 17.6 Å². The van der Waals surface area contributed by atoms with E-state index in [0.717, 1.165) is 30.6 Å². The fourth-order valence-corrected chi connectivity index (χ4v) is 4.18. The average Bonchev–Trinajstić information content (AvgIpc) is 2.57. The quantitative estimate of drug-likeness (QED) is 0.770. The molecule has 2 rings (SSSR count). The van der Waals surface area contributed by atoms with Crippen molar-refractivity contribution >= 4 is 24.2 Å². The molecule has 9 heteroatoms. The van der Waals surface area contributed by atoms with Crippen LogP contribution in [0, 0.1) is 11.8 Å². The van der Waals surface area contributed by atoms with E-state index in [1.54, 1.807) is 4.90 Å². The lowest BCUT2D eigenvalue weighted by Gasteiger charge is -2.42. The Balaban J connectivity index is 0.00000364. The van der Waals surface area contributed by atoms with Crippen LogP contribution in [0.5, 0.6) is 0 Å². The van der Waals surface area contributed by atoms with Crippen molar-refractivity contribution in [1.29, 1.82) is 0 Å². The Bertz CT molecular complexity index is 528. The minimum absolute atomic E-state index is 0. The van der Waals surface area contributed by atoms with E-state index in [2.05, 4.69) is 0 Å². The lowest BCUT2D eigenvalue weighted by Crippen LogP contribution is -2.56. The van der Waals surface area contributed by atoms with Gasteiger partial charge in [0.1, 0.15) is 6.54 Å². The Kier molecular flexibility index (Phi) is 8.41. The normalized spacial score (nSPS) is 29.0. The van der Waals surface area contributed by atoms with Crippen LogP contribution in [0.3, 0.4) is 0 Å². The number of hydrogen-bond acceptors (Lipinski definition) is 3. The van der Waals surface area contributed by atoms with E-state index in [-0.39, 0.29) is 37.3 Å². The van der Waals surface area contributed by atoms with E-state index >= 15 is 0 Å². The fourth-order valence-electron chi connectivity index (χ4n) is 4.18. The molecule has 2 N–H and O–H groups in total. The van der Waals surface area contributed by atoms with Crippen molar-refractivity contribution in [2.75, 3.05) is 26.2 Å². The van der Waals surface area contributed by atoms with Crippen LogP contribution in [0.1, 0.15) is 52.4 Å². The number of halogens is 4. The van der Waals surface area contributed by atoms with Gasteiger partial charge in [-0.15, -0.1) is 12.4 Å². The Morgan fingerprint density at radius 1 is 1.22 bits per heavy atom.